The van der Waals surface area contributed by atoms with Gasteiger partial charge in [0.25, 0.3) is 0 Å². The van der Waals surface area contributed by atoms with Crippen LogP contribution in [0.2, 0.25) is 0 Å². The maximum atomic E-state index is 12.8. The summed E-state index contributed by atoms with van der Waals surface area (Å²) in [7, 11) is 0. The first-order valence-electron chi connectivity index (χ1n) is 31.1. The topological polar surface area (TPSA) is 78.9 Å². The van der Waals surface area contributed by atoms with E-state index in [2.05, 4.69) is 106 Å². The fourth-order valence-corrected chi connectivity index (χ4v) is 8.72. The number of esters is 3. The SMILES string of the molecule is CC/C=C\C/C=C\C/C=C\C/C=C\C/C=C\CCCCCCCCCCCCCCCCCCCC(=O)OCC(COC(=O)CCCCCCCCCC)OC(=O)CCCCCCC/C=C\C/C=C\CCCC. The normalized spacial score (nSPS) is 12.6. The summed E-state index contributed by atoms with van der Waals surface area (Å²) in [6, 6.07) is 0. The molecule has 0 aliphatic rings. The first-order valence-corrected chi connectivity index (χ1v) is 31.1. The molecule has 6 nitrogen and oxygen atoms in total. The minimum absolute atomic E-state index is 0.0781. The average molecular weight is 1020 g/mol. The average Bonchev–Trinajstić information content (AvgIpc) is 3.39. The van der Waals surface area contributed by atoms with E-state index in [0.717, 1.165) is 116 Å². The molecule has 0 spiro atoms. The minimum Gasteiger partial charge on any atom is -0.462 e. The van der Waals surface area contributed by atoms with Crippen LogP contribution in [-0.2, 0) is 28.6 Å². The summed E-state index contributed by atoms with van der Waals surface area (Å²) in [6.07, 6.45) is 80.4. The quantitative estimate of drug-likeness (QED) is 0.0261. The second-order valence-electron chi connectivity index (χ2n) is 20.6. The molecule has 420 valence electrons. The number of allylic oxidation sites excluding steroid dienone is 14. The Morgan fingerprint density at radius 2 is 0.548 bits per heavy atom. The number of hydrogen-bond donors (Lipinski definition) is 0. The van der Waals surface area contributed by atoms with E-state index >= 15 is 0 Å². The molecule has 1 unspecified atom stereocenters. The van der Waals surface area contributed by atoms with E-state index in [4.69, 9.17) is 14.2 Å². The van der Waals surface area contributed by atoms with Crippen LogP contribution in [0, 0.1) is 0 Å². The van der Waals surface area contributed by atoms with Gasteiger partial charge < -0.3 is 14.2 Å². The predicted octanol–water partition coefficient (Wildman–Crippen LogP) is 21.1. The third-order valence-electron chi connectivity index (χ3n) is 13.4. The number of hydrogen-bond acceptors (Lipinski definition) is 6. The number of unbranched alkanes of at least 4 members (excludes halogenated alkanes) is 31. The van der Waals surface area contributed by atoms with Gasteiger partial charge in [-0.15, -0.1) is 0 Å². The van der Waals surface area contributed by atoms with Crippen LogP contribution < -0.4 is 0 Å². The molecule has 0 radical (unpaired) electrons. The van der Waals surface area contributed by atoms with E-state index in [-0.39, 0.29) is 31.1 Å². The molecule has 0 amide bonds. The number of rotatable bonds is 56. The zero-order chi connectivity index (χ0) is 52.9. The van der Waals surface area contributed by atoms with Crippen molar-refractivity contribution in [1.29, 1.82) is 0 Å². The lowest BCUT2D eigenvalue weighted by molar-refractivity contribution is -0.167. The van der Waals surface area contributed by atoms with Crippen LogP contribution in [0.25, 0.3) is 0 Å². The van der Waals surface area contributed by atoms with Crippen LogP contribution >= 0.6 is 0 Å². The van der Waals surface area contributed by atoms with Gasteiger partial charge >= 0.3 is 17.9 Å². The van der Waals surface area contributed by atoms with Crippen molar-refractivity contribution in [2.24, 2.45) is 0 Å². The van der Waals surface area contributed by atoms with Gasteiger partial charge in [-0.3, -0.25) is 14.4 Å². The molecule has 73 heavy (non-hydrogen) atoms. The van der Waals surface area contributed by atoms with Crippen molar-refractivity contribution in [2.75, 3.05) is 13.2 Å². The monoisotopic (exact) mass is 1020 g/mol. The maximum absolute atomic E-state index is 12.8. The Kier molecular flexibility index (Phi) is 58.3. The second-order valence-corrected chi connectivity index (χ2v) is 20.6. The molecular weight excluding hydrogens is 901 g/mol. The number of carbonyl (C=O) groups excluding carboxylic acids is 3. The van der Waals surface area contributed by atoms with Gasteiger partial charge in [-0.25, -0.2) is 0 Å². The molecule has 0 aromatic rings. The minimum atomic E-state index is -0.779. The number of ether oxygens (including phenoxy) is 3. The lowest BCUT2D eigenvalue weighted by atomic mass is 10.0. The molecule has 6 heteroatoms. The molecule has 0 saturated carbocycles. The van der Waals surface area contributed by atoms with Crippen LogP contribution in [0.5, 0.6) is 0 Å². The molecule has 0 aliphatic carbocycles. The van der Waals surface area contributed by atoms with Crippen LogP contribution in [0.1, 0.15) is 303 Å². The van der Waals surface area contributed by atoms with Crippen molar-refractivity contribution in [3.8, 4) is 0 Å². The summed E-state index contributed by atoms with van der Waals surface area (Å²) in [4.78, 5) is 38.0. The smallest absolute Gasteiger partial charge is 0.306 e. The van der Waals surface area contributed by atoms with Gasteiger partial charge in [0.15, 0.2) is 6.10 Å². The Morgan fingerprint density at radius 1 is 0.288 bits per heavy atom. The van der Waals surface area contributed by atoms with Gasteiger partial charge in [-0.05, 0) is 89.9 Å². The Balaban J connectivity index is 4.03. The highest BCUT2D eigenvalue weighted by atomic mass is 16.6. The van der Waals surface area contributed by atoms with Gasteiger partial charge in [-0.2, -0.15) is 0 Å². The lowest BCUT2D eigenvalue weighted by Crippen LogP contribution is -2.30. The Morgan fingerprint density at radius 3 is 0.877 bits per heavy atom. The summed E-state index contributed by atoms with van der Waals surface area (Å²) in [5, 5.41) is 0. The Bertz CT molecular complexity index is 1400. The highest BCUT2D eigenvalue weighted by Gasteiger charge is 2.19. The first kappa shape index (κ1) is 69.6. The predicted molar refractivity (Wildman–Crippen MR) is 316 cm³/mol. The van der Waals surface area contributed by atoms with Crippen LogP contribution in [0.15, 0.2) is 85.1 Å². The summed E-state index contributed by atoms with van der Waals surface area (Å²) >= 11 is 0. The lowest BCUT2D eigenvalue weighted by Gasteiger charge is -2.18. The van der Waals surface area contributed by atoms with E-state index in [1.165, 1.54) is 148 Å². The van der Waals surface area contributed by atoms with Crippen LogP contribution in [0.3, 0.4) is 0 Å². The molecule has 0 aliphatic heterocycles. The maximum Gasteiger partial charge on any atom is 0.306 e. The van der Waals surface area contributed by atoms with Crippen molar-refractivity contribution >= 4 is 17.9 Å². The first-order chi connectivity index (χ1) is 36.0. The molecule has 0 rings (SSSR count). The van der Waals surface area contributed by atoms with Gasteiger partial charge in [-0.1, -0.05) is 279 Å². The Hall–Kier alpha value is -3.41. The molecule has 0 saturated heterocycles. The molecular formula is C67H116O6. The van der Waals surface area contributed by atoms with E-state index in [0.29, 0.717) is 19.3 Å². The largest absolute Gasteiger partial charge is 0.462 e. The van der Waals surface area contributed by atoms with Crippen LogP contribution in [0.4, 0.5) is 0 Å². The van der Waals surface area contributed by atoms with Crippen LogP contribution in [-0.4, -0.2) is 37.2 Å². The summed E-state index contributed by atoms with van der Waals surface area (Å²) in [5.41, 5.74) is 0. The fourth-order valence-electron chi connectivity index (χ4n) is 8.72. The van der Waals surface area contributed by atoms with Crippen molar-refractivity contribution in [3.63, 3.8) is 0 Å². The van der Waals surface area contributed by atoms with Gasteiger partial charge in [0.2, 0.25) is 0 Å². The summed E-state index contributed by atoms with van der Waals surface area (Å²) in [5.74, 6) is -0.887. The number of carbonyl (C=O) groups is 3. The molecule has 0 aromatic carbocycles. The van der Waals surface area contributed by atoms with Gasteiger partial charge in [0.05, 0.1) is 0 Å². The van der Waals surface area contributed by atoms with E-state index in [9.17, 15) is 14.4 Å². The molecule has 0 bridgehead atoms. The molecule has 0 fully saturated rings. The zero-order valence-corrected chi connectivity index (χ0v) is 48.1. The van der Waals surface area contributed by atoms with Gasteiger partial charge in [0, 0.05) is 19.3 Å². The highest BCUT2D eigenvalue weighted by molar-refractivity contribution is 5.71. The molecule has 0 N–H and O–H groups in total. The van der Waals surface area contributed by atoms with E-state index < -0.39 is 6.10 Å². The second kappa shape index (κ2) is 61.1. The van der Waals surface area contributed by atoms with Crippen molar-refractivity contribution < 1.29 is 28.6 Å². The van der Waals surface area contributed by atoms with Crippen molar-refractivity contribution in [2.45, 2.75) is 309 Å². The van der Waals surface area contributed by atoms with Crippen molar-refractivity contribution in [1.82, 2.24) is 0 Å². The van der Waals surface area contributed by atoms with Gasteiger partial charge in [0.1, 0.15) is 13.2 Å². The molecule has 0 aromatic heterocycles. The summed E-state index contributed by atoms with van der Waals surface area (Å²) in [6.45, 7) is 6.46. The third-order valence-corrected chi connectivity index (χ3v) is 13.4. The Labute approximate surface area is 452 Å². The van der Waals surface area contributed by atoms with E-state index in [1.54, 1.807) is 0 Å². The third kappa shape index (κ3) is 59.3. The molecule has 1 atom stereocenters. The van der Waals surface area contributed by atoms with Crippen molar-refractivity contribution in [3.05, 3.63) is 85.1 Å². The zero-order valence-electron chi connectivity index (χ0n) is 48.1. The molecule has 0 heterocycles. The van der Waals surface area contributed by atoms with E-state index in [1.807, 2.05) is 0 Å². The summed E-state index contributed by atoms with van der Waals surface area (Å²) < 4.78 is 16.8. The highest BCUT2D eigenvalue weighted by Crippen LogP contribution is 2.16. The standard InChI is InChI=1S/C67H116O6/c1-4-7-10-13-16-19-21-23-25-26-27-28-29-30-31-32-33-34-35-36-37-38-39-40-41-42-43-45-46-48-51-54-57-60-66(69)72-63-64(62-71-65(68)59-56-53-50-18-15-12-9-6-3)73-67(70)61-58-55-52-49-47-44-24-22-20-17-14-11-8-5-2/h7,10,14,16-17,19,22-25,27-28,30-31,64H,4-6,8-9,11-13,15,18,20-21,26,29,32-63H2,1-3H3/b10-7-,17-14-,19-16-,24-22-,25-23-,28-27-,31-30-. The fraction of sp³-hybridized carbons (Fsp3) is 0.746.